The highest BCUT2D eigenvalue weighted by molar-refractivity contribution is 7.14. The van der Waals surface area contributed by atoms with Crippen LogP contribution in [0.2, 0.25) is 0 Å². The molecular weight excluding hydrogens is 326 g/mol. The van der Waals surface area contributed by atoms with Crippen LogP contribution in [0.4, 0.5) is 5.13 Å². The number of carboxylic acids is 1. The van der Waals surface area contributed by atoms with Crippen molar-refractivity contribution in [2.24, 2.45) is 5.10 Å². The number of hydrogen-bond acceptors (Lipinski definition) is 6. The number of aromatic nitrogens is 1. The normalized spacial score (nSPS) is 10.8. The fourth-order valence-electron chi connectivity index (χ4n) is 2.04. The van der Waals surface area contributed by atoms with Gasteiger partial charge in [0.2, 0.25) is 5.13 Å². The molecule has 0 fully saturated rings. The molecule has 0 bridgehead atoms. The van der Waals surface area contributed by atoms with Crippen LogP contribution in [0.1, 0.15) is 15.9 Å². The van der Waals surface area contributed by atoms with E-state index in [1.807, 2.05) is 35.7 Å². The van der Waals surface area contributed by atoms with Gasteiger partial charge in [-0.3, -0.25) is 5.43 Å². The Morgan fingerprint density at radius 2 is 2.00 bits per heavy atom. The largest absolute Gasteiger partial charge is 0.507 e. The lowest BCUT2D eigenvalue weighted by Gasteiger charge is -2.00. The van der Waals surface area contributed by atoms with E-state index < -0.39 is 5.97 Å². The van der Waals surface area contributed by atoms with Crippen molar-refractivity contribution in [1.82, 2.24) is 4.98 Å². The van der Waals surface area contributed by atoms with E-state index in [-0.39, 0.29) is 11.3 Å². The molecule has 0 spiro atoms. The molecule has 0 aliphatic carbocycles. The summed E-state index contributed by atoms with van der Waals surface area (Å²) >= 11 is 1.43. The summed E-state index contributed by atoms with van der Waals surface area (Å²) in [6.45, 7) is 0. The number of anilines is 1. The lowest BCUT2D eigenvalue weighted by molar-refractivity contribution is 0.0693. The molecule has 0 radical (unpaired) electrons. The van der Waals surface area contributed by atoms with E-state index in [0.29, 0.717) is 10.7 Å². The zero-order chi connectivity index (χ0) is 16.9. The van der Waals surface area contributed by atoms with Crippen molar-refractivity contribution in [2.75, 3.05) is 5.43 Å². The van der Waals surface area contributed by atoms with Gasteiger partial charge in [-0.15, -0.1) is 11.3 Å². The molecule has 0 saturated carbocycles. The Bertz CT molecular complexity index is 891. The fourth-order valence-corrected chi connectivity index (χ4v) is 2.71. The van der Waals surface area contributed by atoms with Crippen LogP contribution in [0.25, 0.3) is 11.3 Å². The summed E-state index contributed by atoms with van der Waals surface area (Å²) in [4.78, 5) is 15.3. The minimum absolute atomic E-state index is 0.146. The molecule has 24 heavy (non-hydrogen) atoms. The number of rotatable bonds is 5. The standard InChI is InChI=1S/C17H13N3O3S/c21-15-8-11(6-7-13(15)16(22)23)9-18-20-17-19-14(10-24-17)12-4-2-1-3-5-12/h1-10,21H,(H,19,20)(H,22,23). The predicted octanol–water partition coefficient (Wildman–Crippen LogP) is 3.66. The van der Waals surface area contributed by atoms with Gasteiger partial charge in [0, 0.05) is 10.9 Å². The zero-order valence-electron chi connectivity index (χ0n) is 12.4. The van der Waals surface area contributed by atoms with Crippen LogP contribution >= 0.6 is 11.3 Å². The number of benzene rings is 2. The smallest absolute Gasteiger partial charge is 0.339 e. The molecule has 1 aromatic heterocycles. The van der Waals surface area contributed by atoms with E-state index in [1.54, 1.807) is 6.07 Å². The fraction of sp³-hybridized carbons (Fsp3) is 0. The lowest BCUT2D eigenvalue weighted by atomic mass is 10.1. The summed E-state index contributed by atoms with van der Waals surface area (Å²) in [6, 6.07) is 14.0. The first-order valence-corrected chi connectivity index (χ1v) is 7.88. The Hall–Kier alpha value is -3.19. The van der Waals surface area contributed by atoms with Crippen LogP contribution in [0.15, 0.2) is 59.0 Å². The van der Waals surface area contributed by atoms with Gasteiger partial charge in [-0.2, -0.15) is 5.10 Å². The monoisotopic (exact) mass is 339 g/mol. The first-order valence-electron chi connectivity index (χ1n) is 7.00. The SMILES string of the molecule is O=C(O)c1ccc(C=NNc2nc(-c3ccccc3)cs2)cc1O. The van der Waals surface area contributed by atoms with Crippen molar-refractivity contribution in [3.63, 3.8) is 0 Å². The molecule has 0 aliphatic heterocycles. The number of phenols is 1. The van der Waals surface area contributed by atoms with Crippen molar-refractivity contribution in [1.29, 1.82) is 0 Å². The van der Waals surface area contributed by atoms with Crippen LogP contribution < -0.4 is 5.43 Å². The molecule has 0 unspecified atom stereocenters. The number of hydrogen-bond donors (Lipinski definition) is 3. The maximum Gasteiger partial charge on any atom is 0.339 e. The molecule has 3 rings (SSSR count). The number of hydrazone groups is 1. The highest BCUT2D eigenvalue weighted by Gasteiger charge is 2.08. The quantitative estimate of drug-likeness (QED) is 0.487. The highest BCUT2D eigenvalue weighted by atomic mass is 32.1. The van der Waals surface area contributed by atoms with E-state index in [2.05, 4.69) is 15.5 Å². The van der Waals surface area contributed by atoms with Gasteiger partial charge >= 0.3 is 5.97 Å². The minimum Gasteiger partial charge on any atom is -0.507 e. The van der Waals surface area contributed by atoms with Crippen LogP contribution in [0, 0.1) is 0 Å². The first kappa shape index (κ1) is 15.7. The molecule has 3 N–H and O–H groups in total. The number of nitrogens with zero attached hydrogens (tertiary/aromatic N) is 2. The molecule has 6 nitrogen and oxygen atoms in total. The van der Waals surface area contributed by atoms with E-state index in [4.69, 9.17) is 5.11 Å². The molecule has 120 valence electrons. The van der Waals surface area contributed by atoms with Crippen molar-refractivity contribution in [3.8, 4) is 17.0 Å². The van der Waals surface area contributed by atoms with Crippen molar-refractivity contribution >= 4 is 28.7 Å². The number of thiazole rings is 1. The number of aromatic carboxylic acids is 1. The third-order valence-corrected chi connectivity index (χ3v) is 3.95. The van der Waals surface area contributed by atoms with E-state index in [9.17, 15) is 9.90 Å². The number of carboxylic acid groups (broad SMARTS) is 1. The van der Waals surface area contributed by atoms with E-state index >= 15 is 0 Å². The molecule has 0 amide bonds. The van der Waals surface area contributed by atoms with E-state index in [0.717, 1.165) is 11.3 Å². The summed E-state index contributed by atoms with van der Waals surface area (Å²) < 4.78 is 0. The molecule has 0 atom stereocenters. The average Bonchev–Trinajstić information content (AvgIpc) is 3.04. The molecule has 0 aliphatic rings. The number of aromatic hydroxyl groups is 1. The maximum absolute atomic E-state index is 10.8. The van der Waals surface area contributed by atoms with Crippen LogP contribution in [-0.2, 0) is 0 Å². The number of nitrogens with one attached hydrogen (secondary N) is 1. The first-order chi connectivity index (χ1) is 11.6. The van der Waals surface area contributed by atoms with Gasteiger partial charge in [0.25, 0.3) is 0 Å². The summed E-state index contributed by atoms with van der Waals surface area (Å²) in [6.07, 6.45) is 1.48. The second-order valence-electron chi connectivity index (χ2n) is 4.86. The third-order valence-electron chi connectivity index (χ3n) is 3.20. The number of carbonyl (C=O) groups is 1. The topological polar surface area (TPSA) is 94.8 Å². The Morgan fingerprint density at radius 3 is 2.71 bits per heavy atom. The summed E-state index contributed by atoms with van der Waals surface area (Å²) in [5.74, 6) is -1.47. The molecule has 1 heterocycles. The lowest BCUT2D eigenvalue weighted by Crippen LogP contribution is -1.97. The summed E-state index contributed by atoms with van der Waals surface area (Å²) in [5, 5.41) is 25.1. The second-order valence-corrected chi connectivity index (χ2v) is 5.71. The average molecular weight is 339 g/mol. The Kier molecular flexibility index (Phi) is 4.53. The van der Waals surface area contributed by atoms with Gasteiger partial charge in [-0.1, -0.05) is 36.4 Å². The molecule has 0 saturated heterocycles. The zero-order valence-corrected chi connectivity index (χ0v) is 13.2. The molecular formula is C17H13N3O3S. The van der Waals surface area contributed by atoms with Crippen molar-refractivity contribution in [3.05, 3.63) is 65.0 Å². The molecule has 7 heteroatoms. The predicted molar refractivity (Wildman–Crippen MR) is 93.8 cm³/mol. The van der Waals surface area contributed by atoms with Crippen LogP contribution in [0.3, 0.4) is 0 Å². The highest BCUT2D eigenvalue weighted by Crippen LogP contribution is 2.24. The molecule has 3 aromatic rings. The Morgan fingerprint density at radius 1 is 1.21 bits per heavy atom. The van der Waals surface area contributed by atoms with E-state index in [1.165, 1.54) is 29.7 Å². The molecule has 2 aromatic carbocycles. The third kappa shape index (κ3) is 3.58. The van der Waals surface area contributed by atoms with Gasteiger partial charge in [0.05, 0.1) is 11.9 Å². The van der Waals surface area contributed by atoms with Crippen LogP contribution in [-0.4, -0.2) is 27.4 Å². The maximum atomic E-state index is 10.8. The summed E-state index contributed by atoms with van der Waals surface area (Å²) in [7, 11) is 0. The van der Waals surface area contributed by atoms with Gasteiger partial charge in [-0.25, -0.2) is 9.78 Å². The Balaban J connectivity index is 1.68. The van der Waals surface area contributed by atoms with Gasteiger partial charge < -0.3 is 10.2 Å². The van der Waals surface area contributed by atoms with Gasteiger partial charge in [0.1, 0.15) is 11.3 Å². The van der Waals surface area contributed by atoms with Crippen molar-refractivity contribution in [2.45, 2.75) is 0 Å². The summed E-state index contributed by atoms with van der Waals surface area (Å²) in [5.41, 5.74) is 5.14. The van der Waals surface area contributed by atoms with Gasteiger partial charge in [-0.05, 0) is 17.7 Å². The van der Waals surface area contributed by atoms with Crippen LogP contribution in [0.5, 0.6) is 5.75 Å². The minimum atomic E-state index is -1.18. The van der Waals surface area contributed by atoms with Crippen molar-refractivity contribution < 1.29 is 15.0 Å². The van der Waals surface area contributed by atoms with Gasteiger partial charge in [0.15, 0.2) is 0 Å². The Labute approximate surface area is 141 Å². The second kappa shape index (κ2) is 6.93.